The van der Waals surface area contributed by atoms with Crippen molar-refractivity contribution in [1.82, 2.24) is 9.80 Å². The molecule has 1 aliphatic rings. The summed E-state index contributed by atoms with van der Waals surface area (Å²) in [7, 11) is 1.87. The Morgan fingerprint density at radius 1 is 1.63 bits per heavy atom. The molecule has 1 unspecified atom stereocenters. The Balaban J connectivity index is 2.06. The first-order valence-corrected chi connectivity index (χ1v) is 7.70. The molecule has 0 spiro atoms. The van der Waals surface area contributed by atoms with E-state index in [9.17, 15) is 4.79 Å². The van der Waals surface area contributed by atoms with Crippen molar-refractivity contribution >= 4 is 17.2 Å². The number of fused-ring (bicyclic) bond motifs is 1. The summed E-state index contributed by atoms with van der Waals surface area (Å²) in [6, 6.07) is 2.38. The van der Waals surface area contributed by atoms with Crippen LogP contribution in [0.25, 0.3) is 0 Å². The van der Waals surface area contributed by atoms with Crippen LogP contribution in [0.4, 0.5) is 0 Å². The molecule has 2 heterocycles. The van der Waals surface area contributed by atoms with E-state index < -0.39 is 0 Å². The van der Waals surface area contributed by atoms with Crippen molar-refractivity contribution in [2.24, 2.45) is 0 Å². The highest BCUT2D eigenvalue weighted by atomic mass is 32.1. The zero-order valence-corrected chi connectivity index (χ0v) is 12.4. The molecule has 4 nitrogen and oxygen atoms in total. The number of carbonyl (C=O) groups excluding carboxylic acids is 1. The Morgan fingerprint density at radius 2 is 2.42 bits per heavy atom. The van der Waals surface area contributed by atoms with E-state index >= 15 is 0 Å². The molecule has 1 N–H and O–H groups in total. The minimum absolute atomic E-state index is 0.0929. The van der Waals surface area contributed by atoms with Crippen molar-refractivity contribution in [1.29, 1.82) is 0 Å². The lowest BCUT2D eigenvalue weighted by atomic mass is 9.98. The van der Waals surface area contributed by atoms with Gasteiger partial charge in [-0.25, -0.2) is 0 Å². The monoisotopic (exact) mass is 282 g/mol. The lowest BCUT2D eigenvalue weighted by Gasteiger charge is -2.36. The minimum atomic E-state index is 0.0929. The molecule has 5 heteroatoms. The Morgan fingerprint density at radius 3 is 3.11 bits per heavy atom. The molecule has 2 rings (SSSR count). The number of rotatable bonds is 5. The second-order valence-electron chi connectivity index (χ2n) is 5.02. The summed E-state index contributed by atoms with van der Waals surface area (Å²) in [5.74, 6) is 0.166. The number of carbonyl (C=O) groups is 1. The fraction of sp³-hybridized carbons (Fsp3) is 0.643. The fourth-order valence-electron chi connectivity index (χ4n) is 2.71. The summed E-state index contributed by atoms with van der Waals surface area (Å²) in [5, 5.41) is 11.0. The van der Waals surface area contributed by atoms with Crippen molar-refractivity contribution < 1.29 is 9.90 Å². The topological polar surface area (TPSA) is 43.8 Å². The van der Waals surface area contributed by atoms with E-state index in [1.165, 1.54) is 10.4 Å². The van der Waals surface area contributed by atoms with E-state index in [1.54, 1.807) is 11.3 Å². The number of aliphatic hydroxyl groups excluding tert-OH is 1. The first kappa shape index (κ1) is 14.5. The van der Waals surface area contributed by atoms with E-state index in [4.69, 9.17) is 5.11 Å². The molecule has 0 saturated heterocycles. The molecule has 0 aromatic carbocycles. The van der Waals surface area contributed by atoms with Crippen LogP contribution >= 0.6 is 11.3 Å². The zero-order valence-electron chi connectivity index (χ0n) is 11.6. The van der Waals surface area contributed by atoms with Crippen molar-refractivity contribution in [3.8, 4) is 0 Å². The molecule has 1 aliphatic heterocycles. The van der Waals surface area contributed by atoms with Crippen LogP contribution in [0.2, 0.25) is 0 Å². The Hall–Kier alpha value is -0.910. The average molecular weight is 282 g/mol. The van der Waals surface area contributed by atoms with E-state index in [0.717, 1.165) is 19.4 Å². The predicted molar refractivity (Wildman–Crippen MR) is 77.4 cm³/mol. The number of amides is 1. The fourth-order valence-corrected chi connectivity index (χ4v) is 3.63. The summed E-state index contributed by atoms with van der Waals surface area (Å²) in [6.07, 6.45) is 1.93. The molecule has 0 fully saturated rings. The highest BCUT2D eigenvalue weighted by Gasteiger charge is 2.30. The van der Waals surface area contributed by atoms with Gasteiger partial charge in [0.15, 0.2) is 0 Å². The van der Waals surface area contributed by atoms with Crippen molar-refractivity contribution in [2.45, 2.75) is 25.8 Å². The van der Waals surface area contributed by atoms with Gasteiger partial charge in [0.25, 0.3) is 0 Å². The van der Waals surface area contributed by atoms with Crippen molar-refractivity contribution in [2.75, 3.05) is 33.3 Å². The first-order valence-electron chi connectivity index (χ1n) is 6.82. The third-order valence-corrected chi connectivity index (χ3v) is 4.69. The number of aliphatic hydroxyl groups is 1. The van der Waals surface area contributed by atoms with Gasteiger partial charge in [-0.05, 0) is 36.9 Å². The van der Waals surface area contributed by atoms with Gasteiger partial charge in [-0.2, -0.15) is 0 Å². The lowest BCUT2D eigenvalue weighted by molar-refractivity contribution is -0.135. The summed E-state index contributed by atoms with van der Waals surface area (Å²) in [4.78, 5) is 17.7. The number of thiophene rings is 1. The number of likely N-dealkylation sites (N-methyl/N-ethyl adjacent to an activating group) is 1. The van der Waals surface area contributed by atoms with Crippen LogP contribution in [0.5, 0.6) is 0 Å². The van der Waals surface area contributed by atoms with Crippen LogP contribution in [0.15, 0.2) is 11.4 Å². The van der Waals surface area contributed by atoms with Gasteiger partial charge < -0.3 is 10.0 Å². The molecule has 0 bridgehead atoms. The van der Waals surface area contributed by atoms with Crippen LogP contribution in [-0.4, -0.2) is 54.1 Å². The summed E-state index contributed by atoms with van der Waals surface area (Å²) >= 11 is 1.80. The maximum absolute atomic E-state index is 12.4. The van der Waals surface area contributed by atoms with Gasteiger partial charge >= 0.3 is 0 Å². The Kier molecular flexibility index (Phi) is 4.96. The highest BCUT2D eigenvalue weighted by Crippen LogP contribution is 2.35. The maximum atomic E-state index is 12.4. The standard InChI is InChI=1S/C14H22N2O2S/c1-3-12-11-5-9-19-13(11)4-6-16(12)14(18)10-15(2)7-8-17/h5,9,12,17H,3-4,6-8,10H2,1-2H3. The summed E-state index contributed by atoms with van der Waals surface area (Å²) in [5.41, 5.74) is 1.33. The summed E-state index contributed by atoms with van der Waals surface area (Å²) in [6.45, 7) is 3.97. The van der Waals surface area contributed by atoms with Gasteiger partial charge in [0.05, 0.1) is 19.2 Å². The molecule has 1 aromatic heterocycles. The molecule has 0 saturated carbocycles. The molecule has 1 aromatic rings. The van der Waals surface area contributed by atoms with E-state index in [1.807, 2.05) is 16.8 Å². The molecular formula is C14H22N2O2S. The van der Waals surface area contributed by atoms with Gasteiger partial charge in [-0.3, -0.25) is 9.69 Å². The molecule has 0 aliphatic carbocycles. The normalized spacial score (nSPS) is 18.7. The highest BCUT2D eigenvalue weighted by molar-refractivity contribution is 7.10. The molecular weight excluding hydrogens is 260 g/mol. The second-order valence-corrected chi connectivity index (χ2v) is 6.02. The number of hydrogen-bond donors (Lipinski definition) is 1. The van der Waals surface area contributed by atoms with Crippen LogP contribution in [0.3, 0.4) is 0 Å². The number of hydrogen-bond acceptors (Lipinski definition) is 4. The predicted octanol–water partition coefficient (Wildman–Crippen LogP) is 1.51. The van der Waals surface area contributed by atoms with E-state index in [0.29, 0.717) is 13.1 Å². The molecule has 1 amide bonds. The van der Waals surface area contributed by atoms with Crippen molar-refractivity contribution in [3.05, 3.63) is 21.9 Å². The van der Waals surface area contributed by atoms with Gasteiger partial charge in [0.2, 0.25) is 5.91 Å². The van der Waals surface area contributed by atoms with Crippen LogP contribution in [0, 0.1) is 0 Å². The Labute approximate surface area is 118 Å². The minimum Gasteiger partial charge on any atom is -0.395 e. The molecule has 1 atom stereocenters. The lowest BCUT2D eigenvalue weighted by Crippen LogP contribution is -2.44. The zero-order chi connectivity index (χ0) is 13.8. The van der Waals surface area contributed by atoms with Gasteiger partial charge in [-0.1, -0.05) is 6.92 Å². The third-order valence-electron chi connectivity index (χ3n) is 3.69. The maximum Gasteiger partial charge on any atom is 0.237 e. The molecule has 19 heavy (non-hydrogen) atoms. The quantitative estimate of drug-likeness (QED) is 0.890. The second kappa shape index (κ2) is 6.50. The van der Waals surface area contributed by atoms with Crippen LogP contribution in [0.1, 0.15) is 29.8 Å². The van der Waals surface area contributed by atoms with Gasteiger partial charge in [0, 0.05) is 18.0 Å². The number of nitrogens with zero attached hydrogens (tertiary/aromatic N) is 2. The molecule has 0 radical (unpaired) electrons. The van der Waals surface area contributed by atoms with Gasteiger partial charge in [-0.15, -0.1) is 11.3 Å². The first-order chi connectivity index (χ1) is 9.17. The third kappa shape index (κ3) is 3.16. The van der Waals surface area contributed by atoms with Crippen LogP contribution in [-0.2, 0) is 11.2 Å². The van der Waals surface area contributed by atoms with Crippen molar-refractivity contribution in [3.63, 3.8) is 0 Å². The smallest absolute Gasteiger partial charge is 0.237 e. The summed E-state index contributed by atoms with van der Waals surface area (Å²) < 4.78 is 0. The average Bonchev–Trinajstić information content (AvgIpc) is 2.85. The van der Waals surface area contributed by atoms with Gasteiger partial charge in [0.1, 0.15) is 0 Å². The van der Waals surface area contributed by atoms with E-state index in [-0.39, 0.29) is 18.6 Å². The Bertz CT molecular complexity index is 433. The van der Waals surface area contributed by atoms with Crippen LogP contribution < -0.4 is 0 Å². The largest absolute Gasteiger partial charge is 0.395 e. The molecule has 106 valence electrons. The SMILES string of the molecule is CCC1c2ccsc2CCN1C(=O)CN(C)CCO. The van der Waals surface area contributed by atoms with E-state index in [2.05, 4.69) is 18.4 Å².